The van der Waals surface area contributed by atoms with Gasteiger partial charge in [0.15, 0.2) is 18.5 Å². The van der Waals surface area contributed by atoms with Crippen molar-refractivity contribution in [3.05, 3.63) is 142 Å². The third-order valence-corrected chi connectivity index (χ3v) is 12.3. The van der Waals surface area contributed by atoms with Crippen LogP contribution in [0.1, 0.15) is 144 Å². The maximum absolute atomic E-state index is 13.7. The van der Waals surface area contributed by atoms with E-state index in [1.807, 2.05) is 50.6 Å². The van der Waals surface area contributed by atoms with Gasteiger partial charge in [0, 0.05) is 75.2 Å². The first-order valence-corrected chi connectivity index (χ1v) is 25.7. The Balaban J connectivity index is 0.000000183. The number of fused-ring (bicyclic) bond motifs is 2. The van der Waals surface area contributed by atoms with E-state index in [9.17, 15) is 40.7 Å². The quantitative estimate of drug-likeness (QED) is 0.0768. The normalized spacial score (nSPS) is 15.0. The summed E-state index contributed by atoms with van der Waals surface area (Å²) in [6.45, 7) is 7.38. The molecule has 2 amide bonds. The number of alkyl halides is 6. The van der Waals surface area contributed by atoms with Crippen molar-refractivity contribution in [2.75, 3.05) is 51.8 Å². The predicted octanol–water partition coefficient (Wildman–Crippen LogP) is 11.3. The fourth-order valence-corrected chi connectivity index (χ4v) is 8.33. The van der Waals surface area contributed by atoms with E-state index in [4.69, 9.17) is 39.8 Å². The van der Waals surface area contributed by atoms with Crippen LogP contribution in [0.2, 0.25) is 0 Å². The molecule has 2 saturated heterocycles. The minimum absolute atomic E-state index is 0.0114. The highest BCUT2D eigenvalue weighted by Crippen LogP contribution is 2.33. The summed E-state index contributed by atoms with van der Waals surface area (Å²) in [5, 5.41) is 11.3. The van der Waals surface area contributed by atoms with Crippen molar-refractivity contribution in [3.8, 4) is 11.5 Å². The molecule has 418 valence electrons. The van der Waals surface area contributed by atoms with Gasteiger partial charge in [-0.05, 0) is 106 Å². The van der Waals surface area contributed by atoms with Crippen LogP contribution in [0, 0.1) is 0 Å². The average molecular weight is 1160 g/mol. The molecule has 0 saturated carbocycles. The molecule has 7 aromatic rings. The lowest BCUT2D eigenvalue weighted by Crippen LogP contribution is -2.17. The Kier molecular flexibility index (Phi) is 22.3. The number of hydrogen-bond donors (Lipinski definition) is 3. The number of halogens is 7. The Morgan fingerprint density at radius 3 is 1.50 bits per heavy atom. The summed E-state index contributed by atoms with van der Waals surface area (Å²) in [4.78, 5) is 54.3. The van der Waals surface area contributed by atoms with Crippen LogP contribution in [0.5, 0.6) is 11.5 Å². The number of aromatic carboxylic acids is 1. The van der Waals surface area contributed by atoms with E-state index < -0.39 is 56.3 Å². The summed E-state index contributed by atoms with van der Waals surface area (Å²) in [6, 6.07) is 15.9. The van der Waals surface area contributed by atoms with Gasteiger partial charge in [-0.2, -0.15) is 0 Å². The molecule has 78 heavy (non-hydrogen) atoms. The van der Waals surface area contributed by atoms with E-state index in [1.54, 1.807) is 12.3 Å². The SMILES string of the molecule is CC(C)Oc1cc2nc(C3CCOCC3)cn2cc1Br.CC(C)Oc1cc2nc(C3CCOCC3)cn2cc1NC(=O)c1cccc(C(F)CF)n1.NC(=O)c1cccc(C(F)CF)n1.O=C(O)c1cccc(C(F)CF)n1. The molecule has 0 aromatic carbocycles. The number of aromatic nitrogens is 7. The monoisotopic (exact) mass is 1160 g/mol. The first-order valence-electron chi connectivity index (χ1n) is 24.9. The second kappa shape index (κ2) is 29.0. The molecule has 24 heteroatoms. The molecule has 7 aromatic heterocycles. The lowest BCUT2D eigenvalue weighted by atomic mass is 9.97. The third kappa shape index (κ3) is 16.9. The van der Waals surface area contributed by atoms with Gasteiger partial charge in [-0.15, -0.1) is 0 Å². The maximum Gasteiger partial charge on any atom is 0.354 e. The molecule has 9 heterocycles. The number of carboxylic acids is 1. The van der Waals surface area contributed by atoms with Crippen LogP contribution >= 0.6 is 15.9 Å². The van der Waals surface area contributed by atoms with E-state index in [0.717, 1.165) is 79.4 Å². The van der Waals surface area contributed by atoms with E-state index in [-0.39, 0.29) is 46.4 Å². The minimum Gasteiger partial charge on any atom is -0.490 e. The van der Waals surface area contributed by atoms with Gasteiger partial charge in [-0.3, -0.25) is 9.59 Å². The standard InChI is InChI=1S/C23H26F2N4O3.C15H19BrN2O2.C8H8F2N2O.C8H7F2NO2/c1-14(2)32-21-10-22-27-19(15-6-8-31-9-7-15)12-29(22)13-20(21)28-23(30)18-5-3-4-17(26-18)16(25)11-24;1-10(2)20-14-7-15-17-13(9-18(15)8-12(14)16)11-3-5-19-6-4-11;9-4-5(10)6-2-1-3-7(12-6)8(11)13;9-4-5(10)6-2-1-3-7(11-6)8(12)13/h3-5,10,12-16H,6-9,11H2,1-2H3,(H,28,30);7-11H,3-6H2,1-2H3;1-3,5H,4H2,(H2,11,13);1-3,5H,4H2,(H,12,13). The highest BCUT2D eigenvalue weighted by Gasteiger charge is 2.23. The highest BCUT2D eigenvalue weighted by molar-refractivity contribution is 9.10. The van der Waals surface area contributed by atoms with Crippen LogP contribution in [0.15, 0.2) is 96.0 Å². The zero-order valence-electron chi connectivity index (χ0n) is 43.1. The number of ether oxygens (including phenoxy) is 4. The number of nitrogens with zero attached hydrogens (tertiary/aromatic N) is 7. The lowest BCUT2D eigenvalue weighted by molar-refractivity contribution is 0.0689. The summed E-state index contributed by atoms with van der Waals surface area (Å²) in [5.74, 6) is -0.412. The first-order chi connectivity index (χ1) is 37.4. The van der Waals surface area contributed by atoms with E-state index in [1.165, 1.54) is 54.6 Å². The molecule has 0 radical (unpaired) electrons. The number of imidazole rings is 2. The summed E-state index contributed by atoms with van der Waals surface area (Å²) < 4.78 is 103. The number of carbonyl (C=O) groups excluding carboxylic acids is 2. The summed E-state index contributed by atoms with van der Waals surface area (Å²) in [5.41, 5.74) is 8.33. The molecule has 0 bridgehead atoms. The second-order valence-electron chi connectivity index (χ2n) is 18.3. The molecule has 2 fully saturated rings. The summed E-state index contributed by atoms with van der Waals surface area (Å²) in [7, 11) is 0. The number of carbonyl (C=O) groups is 3. The van der Waals surface area contributed by atoms with Crippen LogP contribution in [-0.4, -0.2) is 115 Å². The molecule has 2 aliphatic rings. The fraction of sp³-hybridized carbons (Fsp3) is 0.407. The average Bonchev–Trinajstić information content (AvgIpc) is 4.14. The first kappa shape index (κ1) is 60.1. The predicted molar refractivity (Wildman–Crippen MR) is 281 cm³/mol. The number of rotatable bonds is 16. The molecule has 4 N–H and O–H groups in total. The van der Waals surface area contributed by atoms with Crippen LogP contribution in [0.3, 0.4) is 0 Å². The van der Waals surface area contributed by atoms with Gasteiger partial charge < -0.3 is 43.9 Å². The summed E-state index contributed by atoms with van der Waals surface area (Å²) in [6.07, 6.45) is 6.29. The van der Waals surface area contributed by atoms with Crippen molar-refractivity contribution in [3.63, 3.8) is 0 Å². The number of pyridine rings is 5. The minimum atomic E-state index is -1.87. The Labute approximate surface area is 454 Å². The van der Waals surface area contributed by atoms with E-state index >= 15 is 0 Å². The summed E-state index contributed by atoms with van der Waals surface area (Å²) >= 11 is 3.56. The Bertz CT molecular complexity index is 3040. The number of primary amides is 1. The van der Waals surface area contributed by atoms with Gasteiger partial charge in [0.05, 0.1) is 45.2 Å². The van der Waals surface area contributed by atoms with Crippen molar-refractivity contribution < 1.29 is 64.8 Å². The van der Waals surface area contributed by atoms with Crippen molar-refractivity contribution in [1.29, 1.82) is 0 Å². The van der Waals surface area contributed by atoms with Gasteiger partial charge in [0.1, 0.15) is 65.6 Å². The lowest BCUT2D eigenvalue weighted by Gasteiger charge is -2.19. The van der Waals surface area contributed by atoms with E-state index in [0.29, 0.717) is 28.9 Å². The van der Waals surface area contributed by atoms with Gasteiger partial charge in [0.2, 0.25) is 0 Å². The Morgan fingerprint density at radius 2 is 1.05 bits per heavy atom. The number of hydrogen-bond acceptors (Lipinski definition) is 12. The van der Waals surface area contributed by atoms with Crippen molar-refractivity contribution in [2.24, 2.45) is 5.73 Å². The van der Waals surface area contributed by atoms with Crippen LogP contribution in [0.4, 0.5) is 32.0 Å². The van der Waals surface area contributed by atoms with Crippen molar-refractivity contribution in [2.45, 2.75) is 95.9 Å². The zero-order valence-corrected chi connectivity index (χ0v) is 44.7. The number of carboxylic acid groups (broad SMARTS) is 1. The number of nitrogens with one attached hydrogen (secondary N) is 1. The Morgan fingerprint density at radius 1 is 0.641 bits per heavy atom. The number of anilines is 1. The molecule has 0 spiro atoms. The molecule has 9 rings (SSSR count). The van der Waals surface area contributed by atoms with Crippen molar-refractivity contribution in [1.82, 2.24) is 33.7 Å². The molecular weight excluding hydrogens is 1100 g/mol. The molecule has 0 aliphatic carbocycles. The van der Waals surface area contributed by atoms with Gasteiger partial charge in [-0.25, -0.2) is 56.1 Å². The topological polar surface area (TPSA) is 220 Å². The molecule has 3 unspecified atom stereocenters. The molecule has 3 atom stereocenters. The fourth-order valence-electron chi connectivity index (χ4n) is 7.90. The van der Waals surface area contributed by atoms with Gasteiger partial charge >= 0.3 is 5.97 Å². The second-order valence-corrected chi connectivity index (χ2v) is 19.2. The number of amides is 2. The number of nitrogens with two attached hydrogens (primary N) is 1. The molecule has 17 nitrogen and oxygen atoms in total. The van der Waals surface area contributed by atoms with Crippen LogP contribution < -0.4 is 20.5 Å². The highest BCUT2D eigenvalue weighted by atomic mass is 79.9. The zero-order chi connectivity index (χ0) is 56.5. The van der Waals surface area contributed by atoms with Gasteiger partial charge in [0.25, 0.3) is 11.8 Å². The molecular formula is C54H60BrF6N9O8. The Hall–Kier alpha value is -7.18. The van der Waals surface area contributed by atoms with E-state index in [2.05, 4.69) is 46.8 Å². The van der Waals surface area contributed by atoms with Crippen LogP contribution in [-0.2, 0) is 9.47 Å². The largest absolute Gasteiger partial charge is 0.490 e. The van der Waals surface area contributed by atoms with Gasteiger partial charge in [-0.1, -0.05) is 18.2 Å². The molecule has 2 aliphatic heterocycles. The third-order valence-electron chi connectivity index (χ3n) is 11.7. The van der Waals surface area contributed by atoms with Crippen molar-refractivity contribution >= 4 is 50.7 Å². The maximum atomic E-state index is 13.7. The smallest absolute Gasteiger partial charge is 0.354 e. The van der Waals surface area contributed by atoms with Crippen LogP contribution in [0.25, 0.3) is 11.3 Å².